The van der Waals surface area contributed by atoms with Gasteiger partial charge in [0.15, 0.2) is 5.82 Å². The van der Waals surface area contributed by atoms with Crippen molar-refractivity contribution in [2.45, 2.75) is 26.5 Å². The van der Waals surface area contributed by atoms with Crippen LogP contribution in [0.2, 0.25) is 0 Å². The first kappa shape index (κ1) is 16.5. The van der Waals surface area contributed by atoms with Gasteiger partial charge in [0.05, 0.1) is 11.5 Å². The Morgan fingerprint density at radius 1 is 1.32 bits per heavy atom. The number of thioether (sulfide) groups is 1. The fourth-order valence-corrected chi connectivity index (χ4v) is 2.42. The second-order valence-electron chi connectivity index (χ2n) is 5.57. The van der Waals surface area contributed by atoms with E-state index in [0.717, 1.165) is 5.56 Å². The van der Waals surface area contributed by atoms with Crippen LogP contribution in [-0.2, 0) is 10.5 Å². The molecule has 0 bridgehead atoms. The SMILES string of the molecule is Cc1ccc(-c2nc(CSCC(=O)NCC(C)C)no2)cc1. The van der Waals surface area contributed by atoms with Crippen molar-refractivity contribution in [1.29, 1.82) is 0 Å². The number of nitrogens with zero attached hydrogens (tertiary/aromatic N) is 2. The lowest BCUT2D eigenvalue weighted by atomic mass is 10.1. The number of carbonyl (C=O) groups excluding carboxylic acids is 1. The van der Waals surface area contributed by atoms with Crippen LogP contribution in [0, 0.1) is 12.8 Å². The average Bonchev–Trinajstić information content (AvgIpc) is 2.95. The number of rotatable bonds is 7. The summed E-state index contributed by atoms with van der Waals surface area (Å²) in [5.41, 5.74) is 2.09. The minimum atomic E-state index is 0.0425. The number of hydrogen-bond acceptors (Lipinski definition) is 5. The summed E-state index contributed by atoms with van der Waals surface area (Å²) in [7, 11) is 0. The normalized spacial score (nSPS) is 10.9. The molecule has 0 unspecified atom stereocenters. The van der Waals surface area contributed by atoms with Gasteiger partial charge in [0.25, 0.3) is 5.89 Å². The van der Waals surface area contributed by atoms with Gasteiger partial charge in [-0.15, -0.1) is 11.8 Å². The standard InChI is InChI=1S/C16H21N3O2S/c1-11(2)8-17-15(20)10-22-9-14-18-16(21-19-14)13-6-4-12(3)5-7-13/h4-7,11H,8-10H2,1-3H3,(H,17,20). The first-order chi connectivity index (χ1) is 10.5. The number of carbonyl (C=O) groups is 1. The summed E-state index contributed by atoms with van der Waals surface area (Å²) in [5, 5.41) is 6.83. The van der Waals surface area contributed by atoms with Gasteiger partial charge in [0.2, 0.25) is 5.91 Å². The van der Waals surface area contributed by atoms with Gasteiger partial charge >= 0.3 is 0 Å². The predicted octanol–water partition coefficient (Wildman–Crippen LogP) is 3.05. The van der Waals surface area contributed by atoms with Crippen LogP contribution in [0.4, 0.5) is 0 Å². The molecule has 0 spiro atoms. The maximum atomic E-state index is 11.6. The molecule has 0 atom stereocenters. The maximum Gasteiger partial charge on any atom is 0.257 e. The molecule has 118 valence electrons. The summed E-state index contributed by atoms with van der Waals surface area (Å²) >= 11 is 1.48. The fourth-order valence-electron chi connectivity index (χ4n) is 1.73. The van der Waals surface area contributed by atoms with Gasteiger partial charge < -0.3 is 9.84 Å². The van der Waals surface area contributed by atoms with Crippen LogP contribution in [0.1, 0.15) is 25.2 Å². The second kappa shape index (κ2) is 7.98. The van der Waals surface area contributed by atoms with Crippen molar-refractivity contribution in [3.8, 4) is 11.5 Å². The monoisotopic (exact) mass is 319 g/mol. The van der Waals surface area contributed by atoms with Gasteiger partial charge in [-0.1, -0.05) is 36.7 Å². The molecule has 6 heteroatoms. The lowest BCUT2D eigenvalue weighted by Crippen LogP contribution is -2.28. The number of aromatic nitrogens is 2. The molecule has 0 radical (unpaired) electrons. The molecule has 0 saturated heterocycles. The van der Waals surface area contributed by atoms with Gasteiger partial charge in [-0.3, -0.25) is 4.79 Å². The molecule has 1 amide bonds. The van der Waals surface area contributed by atoms with E-state index in [4.69, 9.17) is 4.52 Å². The lowest BCUT2D eigenvalue weighted by Gasteiger charge is -2.06. The number of hydrogen-bond donors (Lipinski definition) is 1. The van der Waals surface area contributed by atoms with Gasteiger partial charge in [-0.2, -0.15) is 4.98 Å². The Morgan fingerprint density at radius 2 is 2.05 bits per heavy atom. The Labute approximate surface area is 134 Å². The summed E-state index contributed by atoms with van der Waals surface area (Å²) in [6, 6.07) is 7.93. The summed E-state index contributed by atoms with van der Waals surface area (Å²) in [5.74, 6) is 2.59. The van der Waals surface area contributed by atoms with Crippen LogP contribution >= 0.6 is 11.8 Å². The smallest absolute Gasteiger partial charge is 0.257 e. The molecule has 0 saturated carbocycles. The summed E-state index contributed by atoms with van der Waals surface area (Å²) in [4.78, 5) is 16.0. The molecule has 1 aromatic heterocycles. The summed E-state index contributed by atoms with van der Waals surface area (Å²) in [6.07, 6.45) is 0. The number of benzene rings is 1. The molecule has 22 heavy (non-hydrogen) atoms. The molecule has 1 aromatic carbocycles. The van der Waals surface area contributed by atoms with Crippen LogP contribution in [0.3, 0.4) is 0 Å². The molecule has 0 fully saturated rings. The van der Waals surface area contributed by atoms with E-state index in [1.807, 2.05) is 31.2 Å². The molecule has 0 aliphatic rings. The van der Waals surface area contributed by atoms with Crippen LogP contribution in [0.5, 0.6) is 0 Å². The Balaban J connectivity index is 1.80. The minimum Gasteiger partial charge on any atom is -0.355 e. The van der Waals surface area contributed by atoms with E-state index in [2.05, 4.69) is 29.3 Å². The van der Waals surface area contributed by atoms with Gasteiger partial charge in [0.1, 0.15) is 0 Å². The fraction of sp³-hybridized carbons (Fsp3) is 0.438. The van der Waals surface area contributed by atoms with Crippen LogP contribution in [0.25, 0.3) is 11.5 Å². The topological polar surface area (TPSA) is 68.0 Å². The van der Waals surface area contributed by atoms with Crippen molar-refractivity contribution >= 4 is 17.7 Å². The van der Waals surface area contributed by atoms with E-state index >= 15 is 0 Å². The van der Waals surface area contributed by atoms with Crippen molar-refractivity contribution in [2.75, 3.05) is 12.3 Å². The molecule has 2 rings (SSSR count). The number of nitrogens with one attached hydrogen (secondary N) is 1. The zero-order chi connectivity index (χ0) is 15.9. The zero-order valence-corrected chi connectivity index (χ0v) is 13.9. The Morgan fingerprint density at radius 3 is 2.73 bits per heavy atom. The molecule has 0 aliphatic carbocycles. The highest BCUT2D eigenvalue weighted by molar-refractivity contribution is 7.99. The first-order valence-electron chi connectivity index (χ1n) is 7.28. The van der Waals surface area contributed by atoms with Crippen molar-refractivity contribution < 1.29 is 9.32 Å². The van der Waals surface area contributed by atoms with Crippen molar-refractivity contribution in [2.24, 2.45) is 5.92 Å². The van der Waals surface area contributed by atoms with Gasteiger partial charge in [-0.25, -0.2) is 0 Å². The number of amides is 1. The Bertz CT molecular complexity index is 608. The first-order valence-corrected chi connectivity index (χ1v) is 8.44. The summed E-state index contributed by atoms with van der Waals surface area (Å²) < 4.78 is 5.25. The third-order valence-corrected chi connectivity index (χ3v) is 3.87. The highest BCUT2D eigenvalue weighted by atomic mass is 32.2. The largest absolute Gasteiger partial charge is 0.355 e. The molecule has 2 aromatic rings. The Kier molecular flexibility index (Phi) is 6.00. The van der Waals surface area contributed by atoms with E-state index in [9.17, 15) is 4.79 Å². The molecular formula is C16H21N3O2S. The third-order valence-electron chi connectivity index (χ3n) is 2.94. The zero-order valence-electron chi connectivity index (χ0n) is 13.1. The van der Waals surface area contributed by atoms with E-state index in [-0.39, 0.29) is 5.91 Å². The Hall–Kier alpha value is -1.82. The van der Waals surface area contributed by atoms with Gasteiger partial charge in [-0.05, 0) is 25.0 Å². The predicted molar refractivity (Wildman–Crippen MR) is 88.5 cm³/mol. The molecule has 0 aliphatic heterocycles. The maximum absolute atomic E-state index is 11.6. The van der Waals surface area contributed by atoms with Crippen molar-refractivity contribution in [3.63, 3.8) is 0 Å². The minimum absolute atomic E-state index is 0.0425. The quantitative estimate of drug-likeness (QED) is 0.849. The van der Waals surface area contributed by atoms with Crippen molar-refractivity contribution in [1.82, 2.24) is 15.5 Å². The van der Waals surface area contributed by atoms with E-state index < -0.39 is 0 Å². The average molecular weight is 319 g/mol. The second-order valence-corrected chi connectivity index (χ2v) is 6.56. The summed E-state index contributed by atoms with van der Waals surface area (Å²) in [6.45, 7) is 6.88. The van der Waals surface area contributed by atoms with Crippen LogP contribution in [-0.4, -0.2) is 28.3 Å². The van der Waals surface area contributed by atoms with E-state index in [1.54, 1.807) is 0 Å². The third kappa shape index (κ3) is 5.18. The molecule has 5 nitrogen and oxygen atoms in total. The molecule has 1 heterocycles. The van der Waals surface area contributed by atoms with Gasteiger partial charge in [0, 0.05) is 12.1 Å². The van der Waals surface area contributed by atoms with Crippen LogP contribution in [0.15, 0.2) is 28.8 Å². The highest BCUT2D eigenvalue weighted by Crippen LogP contribution is 2.19. The van der Waals surface area contributed by atoms with E-state index in [1.165, 1.54) is 17.3 Å². The van der Waals surface area contributed by atoms with E-state index in [0.29, 0.717) is 35.7 Å². The highest BCUT2D eigenvalue weighted by Gasteiger charge is 2.09. The van der Waals surface area contributed by atoms with Crippen molar-refractivity contribution in [3.05, 3.63) is 35.7 Å². The molecular weight excluding hydrogens is 298 g/mol. The number of aryl methyl sites for hydroxylation is 1. The van der Waals surface area contributed by atoms with Crippen LogP contribution < -0.4 is 5.32 Å². The molecule has 1 N–H and O–H groups in total. The lowest BCUT2D eigenvalue weighted by molar-refractivity contribution is -0.118.